The molecule has 13 heavy (non-hydrogen) atoms. The van der Waals surface area contributed by atoms with Crippen LogP contribution in [0.4, 0.5) is 0 Å². The molecule has 68 valence electrons. The van der Waals surface area contributed by atoms with E-state index in [1.807, 2.05) is 30.3 Å². The van der Waals surface area contributed by atoms with Crippen LogP contribution in [-0.4, -0.2) is 18.5 Å². The van der Waals surface area contributed by atoms with Gasteiger partial charge in [-0.2, -0.15) is 0 Å². The van der Waals surface area contributed by atoms with E-state index in [4.69, 9.17) is 0 Å². The number of hydrogen-bond acceptors (Lipinski definition) is 2. The highest BCUT2D eigenvalue weighted by Crippen LogP contribution is 1.97. The van der Waals surface area contributed by atoms with Gasteiger partial charge in [0.2, 0.25) is 0 Å². The Balaban J connectivity index is 2.43. The summed E-state index contributed by atoms with van der Waals surface area (Å²) in [7, 11) is 0. The fraction of sp³-hybridized carbons (Fsp3) is 0.273. The van der Waals surface area contributed by atoms with Crippen LogP contribution in [0.5, 0.6) is 0 Å². The molecule has 1 aromatic carbocycles. The zero-order valence-corrected chi connectivity index (χ0v) is 7.68. The Morgan fingerprint density at radius 2 is 2.08 bits per heavy atom. The molecule has 0 fully saturated rings. The molecule has 0 unspecified atom stereocenters. The van der Waals surface area contributed by atoms with Gasteiger partial charge in [-0.1, -0.05) is 30.3 Å². The van der Waals surface area contributed by atoms with Crippen molar-refractivity contribution in [2.45, 2.75) is 19.4 Å². The van der Waals surface area contributed by atoms with E-state index in [9.17, 15) is 4.79 Å². The third-order valence-corrected chi connectivity index (χ3v) is 1.71. The van der Waals surface area contributed by atoms with Gasteiger partial charge >= 0.3 is 0 Å². The minimum atomic E-state index is -0.219. The van der Waals surface area contributed by atoms with Gasteiger partial charge in [0.1, 0.15) is 12.3 Å². The van der Waals surface area contributed by atoms with E-state index >= 15 is 0 Å². The van der Waals surface area contributed by atoms with Crippen molar-refractivity contribution >= 4 is 12.5 Å². The van der Waals surface area contributed by atoms with E-state index in [-0.39, 0.29) is 6.04 Å². The van der Waals surface area contributed by atoms with Crippen LogP contribution in [0.3, 0.4) is 0 Å². The summed E-state index contributed by atoms with van der Waals surface area (Å²) in [5.74, 6) is 0. The normalized spacial score (nSPS) is 13.0. The molecule has 2 heteroatoms. The van der Waals surface area contributed by atoms with E-state index in [1.54, 1.807) is 13.1 Å². The van der Waals surface area contributed by atoms with Crippen LogP contribution < -0.4 is 0 Å². The third kappa shape index (κ3) is 3.65. The van der Waals surface area contributed by atoms with Crippen molar-refractivity contribution in [3.05, 3.63) is 35.9 Å². The van der Waals surface area contributed by atoms with Crippen molar-refractivity contribution in [2.75, 3.05) is 0 Å². The summed E-state index contributed by atoms with van der Waals surface area (Å²) in [6.45, 7) is 1.77. The molecular weight excluding hydrogens is 162 g/mol. The number of benzene rings is 1. The number of aliphatic imine (C=N–C) groups is 1. The van der Waals surface area contributed by atoms with Gasteiger partial charge in [-0.15, -0.1) is 0 Å². The Kier molecular flexibility index (Phi) is 3.89. The topological polar surface area (TPSA) is 29.4 Å². The first kappa shape index (κ1) is 9.65. The monoisotopic (exact) mass is 175 g/mol. The van der Waals surface area contributed by atoms with Crippen molar-refractivity contribution in [2.24, 2.45) is 4.99 Å². The zero-order chi connectivity index (χ0) is 9.52. The van der Waals surface area contributed by atoms with Crippen molar-refractivity contribution in [3.8, 4) is 0 Å². The predicted octanol–water partition coefficient (Wildman–Crippen LogP) is 1.89. The molecule has 0 aliphatic rings. The SMILES string of the molecule is C[C@@H](C=O)N=CCc1ccccc1. The highest BCUT2D eigenvalue weighted by molar-refractivity contribution is 5.66. The summed E-state index contributed by atoms with van der Waals surface area (Å²) in [4.78, 5) is 14.3. The molecule has 0 amide bonds. The number of hydrogen-bond donors (Lipinski definition) is 0. The Bertz CT molecular complexity index is 279. The van der Waals surface area contributed by atoms with Crippen LogP contribution >= 0.6 is 0 Å². The lowest BCUT2D eigenvalue weighted by Crippen LogP contribution is -1.99. The molecule has 0 bridgehead atoms. The second-order valence-electron chi connectivity index (χ2n) is 2.90. The minimum Gasteiger partial charge on any atom is -0.301 e. The van der Waals surface area contributed by atoms with E-state index in [2.05, 4.69) is 4.99 Å². The lowest BCUT2D eigenvalue weighted by Gasteiger charge is -1.95. The molecule has 0 saturated heterocycles. The summed E-state index contributed by atoms with van der Waals surface area (Å²) in [5.41, 5.74) is 1.21. The standard InChI is InChI=1S/C11H13NO/c1-10(9-13)12-8-7-11-5-3-2-4-6-11/h2-6,8-10H,7H2,1H3/t10-/m0/s1. The number of aldehydes is 1. The second-order valence-corrected chi connectivity index (χ2v) is 2.90. The first-order valence-corrected chi connectivity index (χ1v) is 4.34. The molecule has 0 radical (unpaired) electrons. The van der Waals surface area contributed by atoms with Gasteiger partial charge in [0.25, 0.3) is 0 Å². The Morgan fingerprint density at radius 1 is 1.38 bits per heavy atom. The highest BCUT2D eigenvalue weighted by Gasteiger charge is 1.91. The highest BCUT2D eigenvalue weighted by atomic mass is 16.1. The largest absolute Gasteiger partial charge is 0.301 e. The fourth-order valence-corrected chi connectivity index (χ4v) is 0.974. The maximum absolute atomic E-state index is 10.2. The smallest absolute Gasteiger partial charge is 0.144 e. The lowest BCUT2D eigenvalue weighted by molar-refractivity contribution is -0.108. The average molecular weight is 175 g/mol. The zero-order valence-electron chi connectivity index (χ0n) is 7.68. The van der Waals surface area contributed by atoms with Crippen LogP contribution in [0, 0.1) is 0 Å². The number of carbonyl (C=O) groups excluding carboxylic acids is 1. The van der Waals surface area contributed by atoms with E-state index < -0.39 is 0 Å². The molecule has 1 rings (SSSR count). The summed E-state index contributed by atoms with van der Waals surface area (Å²) in [5, 5.41) is 0. The maximum atomic E-state index is 10.2. The van der Waals surface area contributed by atoms with Gasteiger partial charge in [-0.05, 0) is 12.5 Å². The predicted molar refractivity (Wildman–Crippen MR) is 54.2 cm³/mol. The van der Waals surface area contributed by atoms with Gasteiger partial charge in [0, 0.05) is 12.6 Å². The maximum Gasteiger partial charge on any atom is 0.144 e. The quantitative estimate of drug-likeness (QED) is 0.507. The molecule has 1 aromatic rings. The van der Waals surface area contributed by atoms with E-state index in [0.717, 1.165) is 12.7 Å². The van der Waals surface area contributed by atoms with Crippen molar-refractivity contribution in [1.29, 1.82) is 0 Å². The molecule has 0 saturated carbocycles. The van der Waals surface area contributed by atoms with Crippen LogP contribution in [0.15, 0.2) is 35.3 Å². The van der Waals surface area contributed by atoms with E-state index in [1.165, 1.54) is 5.56 Å². The first-order valence-electron chi connectivity index (χ1n) is 4.34. The van der Waals surface area contributed by atoms with Gasteiger partial charge in [0.15, 0.2) is 0 Å². The van der Waals surface area contributed by atoms with Crippen molar-refractivity contribution in [1.82, 2.24) is 0 Å². The molecular formula is C11H13NO. The molecule has 0 N–H and O–H groups in total. The summed E-state index contributed by atoms with van der Waals surface area (Å²) < 4.78 is 0. The molecule has 0 aromatic heterocycles. The van der Waals surface area contributed by atoms with Gasteiger partial charge in [-0.3, -0.25) is 4.99 Å². The van der Waals surface area contributed by atoms with Gasteiger partial charge in [0.05, 0.1) is 0 Å². The number of carbonyl (C=O) groups is 1. The van der Waals surface area contributed by atoms with Gasteiger partial charge < -0.3 is 4.79 Å². The van der Waals surface area contributed by atoms with E-state index in [0.29, 0.717) is 0 Å². The van der Waals surface area contributed by atoms with Crippen LogP contribution in [0.25, 0.3) is 0 Å². The van der Waals surface area contributed by atoms with Crippen molar-refractivity contribution in [3.63, 3.8) is 0 Å². The first-order chi connectivity index (χ1) is 6.33. The Hall–Kier alpha value is -1.44. The fourth-order valence-electron chi connectivity index (χ4n) is 0.974. The van der Waals surface area contributed by atoms with Crippen molar-refractivity contribution < 1.29 is 4.79 Å². The molecule has 0 aliphatic heterocycles. The average Bonchev–Trinajstić information content (AvgIpc) is 2.19. The molecule has 0 aliphatic carbocycles. The Morgan fingerprint density at radius 3 is 2.69 bits per heavy atom. The molecule has 1 atom stereocenters. The second kappa shape index (κ2) is 5.25. The van der Waals surface area contributed by atoms with Crippen LogP contribution in [0.1, 0.15) is 12.5 Å². The summed E-state index contributed by atoms with van der Waals surface area (Å²) >= 11 is 0. The van der Waals surface area contributed by atoms with Gasteiger partial charge in [-0.25, -0.2) is 0 Å². The molecule has 0 heterocycles. The minimum absolute atomic E-state index is 0.219. The molecule has 2 nitrogen and oxygen atoms in total. The summed E-state index contributed by atoms with van der Waals surface area (Å²) in [6.07, 6.45) is 3.41. The Labute approximate surface area is 78.3 Å². The number of rotatable bonds is 4. The van der Waals surface area contributed by atoms with Crippen LogP contribution in [-0.2, 0) is 11.2 Å². The summed E-state index contributed by atoms with van der Waals surface area (Å²) in [6, 6.07) is 9.83. The van der Waals surface area contributed by atoms with Crippen LogP contribution in [0.2, 0.25) is 0 Å². The number of nitrogens with zero attached hydrogens (tertiary/aromatic N) is 1. The lowest BCUT2D eigenvalue weighted by atomic mass is 10.2. The third-order valence-electron chi connectivity index (χ3n) is 1.71. The molecule has 0 spiro atoms.